The lowest BCUT2D eigenvalue weighted by Crippen LogP contribution is -2.33. The van der Waals surface area contributed by atoms with Gasteiger partial charge in [-0.1, -0.05) is 18.2 Å². The van der Waals surface area contributed by atoms with Crippen molar-refractivity contribution < 1.29 is 0 Å². The van der Waals surface area contributed by atoms with E-state index < -0.39 is 0 Å². The molecule has 0 atom stereocenters. The van der Waals surface area contributed by atoms with E-state index in [2.05, 4.69) is 43.0 Å². The topological polar surface area (TPSA) is 3.24 Å². The first-order valence-corrected chi connectivity index (χ1v) is 6.66. The van der Waals surface area contributed by atoms with Gasteiger partial charge >= 0.3 is 0 Å². The highest BCUT2D eigenvalue weighted by Crippen LogP contribution is 2.33. The third-order valence-corrected chi connectivity index (χ3v) is 3.51. The first-order chi connectivity index (χ1) is 7.72. The number of para-hydroxylation sites is 1. The summed E-state index contributed by atoms with van der Waals surface area (Å²) in [6, 6.07) is 9.04. The van der Waals surface area contributed by atoms with Gasteiger partial charge in [-0.3, -0.25) is 0 Å². The minimum Gasteiger partial charge on any atom is -0.369 e. The van der Waals surface area contributed by atoms with Gasteiger partial charge < -0.3 is 4.90 Å². The fourth-order valence-electron chi connectivity index (χ4n) is 2.07. The van der Waals surface area contributed by atoms with Crippen LogP contribution < -0.4 is 4.90 Å². The van der Waals surface area contributed by atoms with Crippen molar-refractivity contribution in [2.24, 2.45) is 5.92 Å². The van der Waals surface area contributed by atoms with Crippen LogP contribution in [-0.4, -0.2) is 12.6 Å². The zero-order valence-electron chi connectivity index (χ0n) is 10.1. The first kappa shape index (κ1) is 11.8. The van der Waals surface area contributed by atoms with Crippen LogP contribution in [0.4, 0.5) is 5.69 Å². The van der Waals surface area contributed by atoms with Crippen molar-refractivity contribution >= 4 is 17.3 Å². The van der Waals surface area contributed by atoms with Crippen LogP contribution >= 0.6 is 11.6 Å². The summed E-state index contributed by atoms with van der Waals surface area (Å²) in [5.74, 6) is 1.51. The fourth-order valence-corrected chi connectivity index (χ4v) is 2.30. The van der Waals surface area contributed by atoms with Crippen LogP contribution in [0.3, 0.4) is 0 Å². The summed E-state index contributed by atoms with van der Waals surface area (Å²) in [7, 11) is 0. The van der Waals surface area contributed by atoms with Gasteiger partial charge in [0, 0.05) is 24.2 Å². The minimum atomic E-state index is 0.546. The molecule has 1 aromatic rings. The zero-order valence-corrected chi connectivity index (χ0v) is 10.9. The quantitative estimate of drug-likeness (QED) is 0.699. The molecule has 0 spiro atoms. The highest BCUT2D eigenvalue weighted by molar-refractivity contribution is 6.17. The molecule has 1 fully saturated rings. The Morgan fingerprint density at radius 3 is 2.56 bits per heavy atom. The van der Waals surface area contributed by atoms with Crippen molar-refractivity contribution in [2.45, 2.75) is 38.6 Å². The lowest BCUT2D eigenvalue weighted by molar-refractivity contribution is 0.643. The minimum absolute atomic E-state index is 0.546. The van der Waals surface area contributed by atoms with E-state index in [1.165, 1.54) is 30.6 Å². The molecule has 0 aromatic heterocycles. The molecular weight excluding hydrogens is 218 g/mol. The molecule has 1 aliphatic carbocycles. The summed E-state index contributed by atoms with van der Waals surface area (Å²) >= 11 is 6.01. The van der Waals surface area contributed by atoms with Gasteiger partial charge in [0.25, 0.3) is 0 Å². The summed E-state index contributed by atoms with van der Waals surface area (Å²) in [6.45, 7) is 5.70. The van der Waals surface area contributed by atoms with E-state index in [4.69, 9.17) is 11.6 Å². The summed E-state index contributed by atoms with van der Waals surface area (Å²) in [6.07, 6.45) is 2.79. The molecule has 0 aliphatic heterocycles. The molecule has 1 saturated carbocycles. The molecule has 2 rings (SSSR count). The van der Waals surface area contributed by atoms with Crippen molar-refractivity contribution in [1.29, 1.82) is 0 Å². The molecule has 0 bridgehead atoms. The molecule has 16 heavy (non-hydrogen) atoms. The second-order valence-corrected chi connectivity index (χ2v) is 5.22. The summed E-state index contributed by atoms with van der Waals surface area (Å²) in [5, 5.41) is 0. The Bertz CT molecular complexity index is 344. The average Bonchev–Trinajstić information content (AvgIpc) is 3.09. The fraction of sp³-hybridized carbons (Fsp3) is 0.571. The average molecular weight is 238 g/mol. The molecule has 2 heteroatoms. The number of nitrogens with zero attached hydrogens (tertiary/aromatic N) is 1. The van der Waals surface area contributed by atoms with Crippen molar-refractivity contribution in [3.63, 3.8) is 0 Å². The van der Waals surface area contributed by atoms with E-state index >= 15 is 0 Å². The number of anilines is 1. The second-order valence-electron chi connectivity index (χ2n) is 4.95. The Kier molecular flexibility index (Phi) is 3.75. The van der Waals surface area contributed by atoms with Gasteiger partial charge in [0.2, 0.25) is 0 Å². The number of rotatable bonds is 5. The van der Waals surface area contributed by atoms with Crippen LogP contribution in [0.5, 0.6) is 0 Å². The highest BCUT2D eigenvalue weighted by Gasteiger charge is 2.26. The number of halogens is 1. The Labute approximate surface area is 103 Å². The molecule has 0 saturated heterocycles. The molecule has 0 N–H and O–H groups in total. The maximum absolute atomic E-state index is 6.01. The van der Waals surface area contributed by atoms with Crippen molar-refractivity contribution in [1.82, 2.24) is 0 Å². The van der Waals surface area contributed by atoms with E-state index in [0.717, 1.165) is 5.92 Å². The van der Waals surface area contributed by atoms with E-state index in [9.17, 15) is 0 Å². The largest absolute Gasteiger partial charge is 0.369 e. The SMILES string of the molecule is CC(C)N(CC1CC1)c1ccccc1CCl. The summed E-state index contributed by atoms with van der Waals surface area (Å²) in [5.41, 5.74) is 2.57. The van der Waals surface area contributed by atoms with Gasteiger partial charge in [0.1, 0.15) is 0 Å². The van der Waals surface area contributed by atoms with Crippen LogP contribution in [0.25, 0.3) is 0 Å². The molecule has 0 amide bonds. The first-order valence-electron chi connectivity index (χ1n) is 6.13. The molecule has 0 radical (unpaired) electrons. The molecule has 1 aromatic carbocycles. The van der Waals surface area contributed by atoms with Gasteiger partial charge in [-0.25, -0.2) is 0 Å². The van der Waals surface area contributed by atoms with Gasteiger partial charge in [-0.15, -0.1) is 11.6 Å². The second kappa shape index (κ2) is 5.09. The maximum atomic E-state index is 6.01. The maximum Gasteiger partial charge on any atom is 0.0494 e. The van der Waals surface area contributed by atoms with Crippen LogP contribution in [0, 0.1) is 5.92 Å². The van der Waals surface area contributed by atoms with Crippen molar-refractivity contribution in [3.8, 4) is 0 Å². The molecule has 0 unspecified atom stereocenters. The van der Waals surface area contributed by atoms with Gasteiger partial charge in [0.05, 0.1) is 0 Å². The lowest BCUT2D eigenvalue weighted by Gasteiger charge is -2.30. The van der Waals surface area contributed by atoms with Crippen LogP contribution in [-0.2, 0) is 5.88 Å². The third-order valence-electron chi connectivity index (χ3n) is 3.22. The predicted octanol–water partition coefficient (Wildman–Crippen LogP) is 4.05. The molecule has 88 valence electrons. The Balaban J connectivity index is 2.22. The lowest BCUT2D eigenvalue weighted by atomic mass is 10.1. The summed E-state index contributed by atoms with van der Waals surface area (Å²) < 4.78 is 0. The molecule has 1 aliphatic rings. The Hall–Kier alpha value is -0.690. The van der Waals surface area contributed by atoms with Gasteiger partial charge in [0.15, 0.2) is 0 Å². The van der Waals surface area contributed by atoms with Crippen molar-refractivity contribution in [2.75, 3.05) is 11.4 Å². The normalized spacial score (nSPS) is 15.5. The highest BCUT2D eigenvalue weighted by atomic mass is 35.5. The van der Waals surface area contributed by atoms with Crippen molar-refractivity contribution in [3.05, 3.63) is 29.8 Å². The molecule has 1 nitrogen and oxygen atoms in total. The summed E-state index contributed by atoms with van der Waals surface area (Å²) in [4.78, 5) is 2.50. The molecule has 0 heterocycles. The van der Waals surface area contributed by atoms with E-state index in [-0.39, 0.29) is 0 Å². The van der Waals surface area contributed by atoms with Crippen LogP contribution in [0.1, 0.15) is 32.3 Å². The van der Waals surface area contributed by atoms with E-state index in [0.29, 0.717) is 11.9 Å². The van der Waals surface area contributed by atoms with Gasteiger partial charge in [-0.2, -0.15) is 0 Å². The number of hydrogen-bond acceptors (Lipinski definition) is 1. The number of benzene rings is 1. The number of hydrogen-bond donors (Lipinski definition) is 0. The predicted molar refractivity (Wildman–Crippen MR) is 71.2 cm³/mol. The monoisotopic (exact) mass is 237 g/mol. The smallest absolute Gasteiger partial charge is 0.0494 e. The van der Waals surface area contributed by atoms with Crippen LogP contribution in [0.15, 0.2) is 24.3 Å². The van der Waals surface area contributed by atoms with Crippen LogP contribution in [0.2, 0.25) is 0 Å². The van der Waals surface area contributed by atoms with E-state index in [1.807, 2.05) is 0 Å². The number of alkyl halides is 1. The standard InChI is InChI=1S/C14H20ClN/c1-11(2)16(10-12-7-8-12)14-6-4-3-5-13(14)9-15/h3-6,11-12H,7-10H2,1-2H3. The molecular formula is C14H20ClN. The third kappa shape index (κ3) is 2.70. The zero-order chi connectivity index (χ0) is 11.5. The Morgan fingerprint density at radius 2 is 2.00 bits per heavy atom. The van der Waals surface area contributed by atoms with E-state index in [1.54, 1.807) is 0 Å². The Morgan fingerprint density at radius 1 is 1.31 bits per heavy atom. The van der Waals surface area contributed by atoms with Gasteiger partial charge in [-0.05, 0) is 44.2 Å².